The average Bonchev–Trinajstić information content (AvgIpc) is 2.41. The molecular formula is C15H24N4O. The van der Waals surface area contributed by atoms with Crippen molar-refractivity contribution in [1.29, 1.82) is 0 Å². The fraction of sp³-hybridized carbons (Fsp3) is 0.600. The lowest BCUT2D eigenvalue weighted by Gasteiger charge is -2.35. The van der Waals surface area contributed by atoms with Crippen LogP contribution in [0, 0.1) is 11.8 Å². The molecule has 2 unspecified atom stereocenters. The van der Waals surface area contributed by atoms with Crippen molar-refractivity contribution in [2.75, 3.05) is 11.1 Å². The summed E-state index contributed by atoms with van der Waals surface area (Å²) >= 11 is 0. The van der Waals surface area contributed by atoms with E-state index < -0.39 is 5.91 Å². The van der Waals surface area contributed by atoms with Gasteiger partial charge in [0.05, 0.1) is 17.4 Å². The van der Waals surface area contributed by atoms with Crippen LogP contribution in [-0.4, -0.2) is 16.9 Å². The molecule has 110 valence electrons. The first-order valence-corrected chi connectivity index (χ1v) is 7.31. The Kier molecular flexibility index (Phi) is 4.47. The first-order valence-electron chi connectivity index (χ1n) is 7.31. The lowest BCUT2D eigenvalue weighted by atomic mass is 9.78. The number of nitrogens with two attached hydrogens (primary N) is 2. The maximum Gasteiger partial charge on any atom is 0.250 e. The van der Waals surface area contributed by atoms with Crippen LogP contribution in [0.3, 0.4) is 0 Å². The zero-order valence-electron chi connectivity index (χ0n) is 12.2. The summed E-state index contributed by atoms with van der Waals surface area (Å²) < 4.78 is 0. The number of anilines is 2. The number of nitrogen functional groups attached to an aromatic ring is 1. The molecule has 5 heteroatoms. The summed E-state index contributed by atoms with van der Waals surface area (Å²) in [4.78, 5) is 15.6. The second-order valence-electron chi connectivity index (χ2n) is 5.96. The first-order chi connectivity index (χ1) is 9.49. The van der Waals surface area contributed by atoms with Gasteiger partial charge in [0, 0.05) is 6.04 Å². The third kappa shape index (κ3) is 3.21. The minimum absolute atomic E-state index is 0.326. The molecule has 2 atom stereocenters. The molecule has 0 spiro atoms. The molecule has 0 bridgehead atoms. The van der Waals surface area contributed by atoms with Crippen molar-refractivity contribution in [3.05, 3.63) is 17.8 Å². The van der Waals surface area contributed by atoms with Crippen LogP contribution < -0.4 is 16.8 Å². The number of primary amides is 1. The topological polar surface area (TPSA) is 94.0 Å². The van der Waals surface area contributed by atoms with Gasteiger partial charge in [0.2, 0.25) is 0 Å². The summed E-state index contributed by atoms with van der Waals surface area (Å²) in [6, 6.07) is 2.06. The minimum atomic E-state index is -0.517. The van der Waals surface area contributed by atoms with Crippen molar-refractivity contribution in [2.45, 2.75) is 45.6 Å². The highest BCUT2D eigenvalue weighted by atomic mass is 16.1. The molecule has 2 rings (SSSR count). The second-order valence-corrected chi connectivity index (χ2v) is 5.96. The Labute approximate surface area is 120 Å². The van der Waals surface area contributed by atoms with E-state index in [1.165, 1.54) is 25.5 Å². The predicted molar refractivity (Wildman–Crippen MR) is 81.4 cm³/mol. The molecule has 1 heterocycles. The van der Waals surface area contributed by atoms with Crippen molar-refractivity contribution >= 4 is 17.4 Å². The largest absolute Gasteiger partial charge is 0.397 e. The lowest BCUT2D eigenvalue weighted by Crippen LogP contribution is -2.35. The molecule has 20 heavy (non-hydrogen) atoms. The van der Waals surface area contributed by atoms with Gasteiger partial charge in [-0.25, -0.2) is 4.98 Å². The maximum absolute atomic E-state index is 11.3. The minimum Gasteiger partial charge on any atom is -0.397 e. The van der Waals surface area contributed by atoms with Crippen LogP contribution in [0.4, 0.5) is 11.5 Å². The maximum atomic E-state index is 11.3. The number of nitrogens with zero attached hydrogens (tertiary/aromatic N) is 1. The number of carbonyl (C=O) groups excluding carboxylic acids is 1. The molecule has 1 amide bonds. The molecule has 1 aliphatic carbocycles. The first kappa shape index (κ1) is 14.6. The van der Waals surface area contributed by atoms with Crippen LogP contribution in [0.5, 0.6) is 0 Å². The standard InChI is InChI=1S/C15H24N4O/c1-9(2)10-5-3-4-6-13(10)19-14-7-11(15(17)20)12(16)8-18-14/h7-10,13H,3-6,16H2,1-2H3,(H2,17,20)(H,18,19). The van der Waals surface area contributed by atoms with E-state index in [2.05, 4.69) is 24.1 Å². The van der Waals surface area contributed by atoms with Gasteiger partial charge in [-0.3, -0.25) is 4.79 Å². The van der Waals surface area contributed by atoms with Gasteiger partial charge in [0.25, 0.3) is 5.91 Å². The molecule has 1 aliphatic rings. The highest BCUT2D eigenvalue weighted by Crippen LogP contribution is 2.32. The molecular weight excluding hydrogens is 252 g/mol. The van der Waals surface area contributed by atoms with Crippen molar-refractivity contribution in [3.63, 3.8) is 0 Å². The third-order valence-electron chi connectivity index (χ3n) is 4.21. The monoisotopic (exact) mass is 276 g/mol. The number of rotatable bonds is 4. The molecule has 0 aromatic carbocycles. The summed E-state index contributed by atoms with van der Waals surface area (Å²) in [6.07, 6.45) is 6.41. The van der Waals surface area contributed by atoms with Gasteiger partial charge in [0.15, 0.2) is 0 Å². The molecule has 1 aromatic rings. The van der Waals surface area contributed by atoms with E-state index >= 15 is 0 Å². The smallest absolute Gasteiger partial charge is 0.250 e. The van der Waals surface area contributed by atoms with E-state index in [1.807, 2.05) is 0 Å². The Balaban J connectivity index is 2.16. The lowest BCUT2D eigenvalue weighted by molar-refractivity contribution is 0.100. The number of hydrogen-bond donors (Lipinski definition) is 3. The molecule has 1 fully saturated rings. The summed E-state index contributed by atoms with van der Waals surface area (Å²) in [5, 5.41) is 3.46. The highest BCUT2D eigenvalue weighted by Gasteiger charge is 2.27. The van der Waals surface area contributed by atoms with Crippen molar-refractivity contribution in [1.82, 2.24) is 4.98 Å². The van der Waals surface area contributed by atoms with Crippen molar-refractivity contribution < 1.29 is 4.79 Å². The van der Waals surface area contributed by atoms with E-state index in [1.54, 1.807) is 6.07 Å². The number of pyridine rings is 1. The fourth-order valence-electron chi connectivity index (χ4n) is 3.08. The molecule has 0 radical (unpaired) electrons. The van der Waals surface area contributed by atoms with Crippen LogP contribution in [0.25, 0.3) is 0 Å². The normalized spacial score (nSPS) is 22.8. The molecule has 0 saturated heterocycles. The number of carbonyl (C=O) groups is 1. The van der Waals surface area contributed by atoms with Crippen LogP contribution in [0.15, 0.2) is 12.3 Å². The van der Waals surface area contributed by atoms with E-state index in [-0.39, 0.29) is 0 Å². The van der Waals surface area contributed by atoms with Gasteiger partial charge in [-0.05, 0) is 30.7 Å². The Morgan fingerprint density at radius 1 is 1.40 bits per heavy atom. The molecule has 1 saturated carbocycles. The van der Waals surface area contributed by atoms with Gasteiger partial charge >= 0.3 is 0 Å². The highest BCUT2D eigenvalue weighted by molar-refractivity contribution is 5.98. The Morgan fingerprint density at radius 3 is 2.75 bits per heavy atom. The summed E-state index contributed by atoms with van der Waals surface area (Å²) in [7, 11) is 0. The van der Waals surface area contributed by atoms with Gasteiger partial charge in [-0.15, -0.1) is 0 Å². The van der Waals surface area contributed by atoms with E-state index in [4.69, 9.17) is 11.5 Å². The van der Waals surface area contributed by atoms with Crippen LogP contribution >= 0.6 is 0 Å². The predicted octanol–water partition coefficient (Wildman–Crippen LogP) is 2.39. The van der Waals surface area contributed by atoms with Gasteiger partial charge in [-0.2, -0.15) is 0 Å². The Hall–Kier alpha value is -1.78. The van der Waals surface area contributed by atoms with Crippen molar-refractivity contribution in [3.8, 4) is 0 Å². The molecule has 0 aliphatic heterocycles. The average molecular weight is 276 g/mol. The third-order valence-corrected chi connectivity index (χ3v) is 4.21. The fourth-order valence-corrected chi connectivity index (χ4v) is 3.08. The zero-order chi connectivity index (χ0) is 14.7. The van der Waals surface area contributed by atoms with Gasteiger partial charge in [0.1, 0.15) is 5.82 Å². The summed E-state index contributed by atoms with van der Waals surface area (Å²) in [5.74, 6) is 1.44. The number of nitrogens with one attached hydrogen (secondary N) is 1. The summed E-state index contributed by atoms with van der Waals surface area (Å²) in [5.41, 5.74) is 11.7. The quantitative estimate of drug-likeness (QED) is 0.787. The van der Waals surface area contributed by atoms with Crippen LogP contribution in [0.1, 0.15) is 49.9 Å². The molecule has 5 nitrogen and oxygen atoms in total. The summed E-state index contributed by atoms with van der Waals surface area (Å²) in [6.45, 7) is 4.52. The van der Waals surface area contributed by atoms with Crippen LogP contribution in [0.2, 0.25) is 0 Å². The van der Waals surface area contributed by atoms with E-state index in [9.17, 15) is 4.79 Å². The Bertz CT molecular complexity index is 487. The molecule has 1 aromatic heterocycles. The SMILES string of the molecule is CC(C)C1CCCCC1Nc1cc(C(N)=O)c(N)cn1. The van der Waals surface area contributed by atoms with E-state index in [0.717, 1.165) is 6.42 Å². The van der Waals surface area contributed by atoms with Gasteiger partial charge in [-0.1, -0.05) is 26.7 Å². The molecule has 5 N–H and O–H groups in total. The Morgan fingerprint density at radius 2 is 2.10 bits per heavy atom. The van der Waals surface area contributed by atoms with E-state index in [0.29, 0.717) is 34.9 Å². The van der Waals surface area contributed by atoms with Crippen LogP contribution in [-0.2, 0) is 0 Å². The zero-order valence-corrected chi connectivity index (χ0v) is 12.2. The second kappa shape index (κ2) is 6.11. The van der Waals surface area contributed by atoms with Gasteiger partial charge < -0.3 is 16.8 Å². The number of amides is 1. The number of hydrogen-bond acceptors (Lipinski definition) is 4. The number of aromatic nitrogens is 1. The van der Waals surface area contributed by atoms with Crippen molar-refractivity contribution in [2.24, 2.45) is 17.6 Å².